The molecule has 1 fully saturated rings. The van der Waals surface area contributed by atoms with Crippen LogP contribution in [0.25, 0.3) is 28.4 Å². The molecule has 1 aromatic heterocycles. The Morgan fingerprint density at radius 1 is 0.955 bits per heavy atom. The zero-order valence-corrected chi connectivity index (χ0v) is 23.7. The summed E-state index contributed by atoms with van der Waals surface area (Å²) in [7, 11) is 2.72. The van der Waals surface area contributed by atoms with Crippen molar-refractivity contribution in [2.45, 2.75) is 30.7 Å². The summed E-state index contributed by atoms with van der Waals surface area (Å²) in [4.78, 5) is 25.8. The third-order valence-electron chi connectivity index (χ3n) is 7.01. The van der Waals surface area contributed by atoms with Gasteiger partial charge in [-0.2, -0.15) is 0 Å². The van der Waals surface area contributed by atoms with Gasteiger partial charge in [-0.05, 0) is 23.8 Å². The number of rotatable bonds is 9. The molecule has 0 saturated carbocycles. The maximum atomic E-state index is 13.1. The number of hydrogen-bond acceptors (Lipinski definition) is 12. The molecule has 0 spiro atoms. The summed E-state index contributed by atoms with van der Waals surface area (Å²) in [6.07, 6.45) is -4.93. The Hall–Kier alpha value is -4.88. The molecular formula is C32H30O12. The lowest BCUT2D eigenvalue weighted by atomic mass is 9.99. The van der Waals surface area contributed by atoms with Gasteiger partial charge in [-0.25, -0.2) is 4.79 Å². The minimum Gasteiger partial charge on any atom is -0.507 e. The fourth-order valence-electron chi connectivity index (χ4n) is 4.82. The van der Waals surface area contributed by atoms with Crippen molar-refractivity contribution < 1.29 is 53.3 Å². The van der Waals surface area contributed by atoms with Crippen LogP contribution < -0.4 is 19.6 Å². The number of para-hydroxylation sites is 1. The second-order valence-electron chi connectivity index (χ2n) is 9.78. The van der Waals surface area contributed by atoms with Gasteiger partial charge in [-0.1, -0.05) is 42.5 Å². The molecule has 1 aliphatic rings. The van der Waals surface area contributed by atoms with Crippen LogP contribution >= 0.6 is 0 Å². The van der Waals surface area contributed by atoms with Gasteiger partial charge in [0.25, 0.3) is 0 Å². The SMILES string of the molecule is COc1cc(O)c2c(=O)cc(-c3ccccc3O[C@@H]3OC(CO)[C@@H](O)[C@H](O)C3OC(=O)/C=C/c3ccccc3)oc2c1OC. The van der Waals surface area contributed by atoms with Crippen molar-refractivity contribution in [1.82, 2.24) is 0 Å². The Balaban J connectivity index is 1.51. The fraction of sp³-hybridized carbons (Fsp3) is 0.250. The zero-order chi connectivity index (χ0) is 31.4. The van der Waals surface area contributed by atoms with Crippen molar-refractivity contribution >= 4 is 23.0 Å². The van der Waals surface area contributed by atoms with Crippen molar-refractivity contribution in [3.63, 3.8) is 0 Å². The highest BCUT2D eigenvalue weighted by molar-refractivity contribution is 5.92. The molecule has 5 rings (SSSR count). The van der Waals surface area contributed by atoms with Crippen LogP contribution in [0.3, 0.4) is 0 Å². The lowest BCUT2D eigenvalue weighted by Crippen LogP contribution is -2.61. The second-order valence-corrected chi connectivity index (χ2v) is 9.78. The first kappa shape index (κ1) is 30.6. The molecule has 4 aromatic rings. The fourth-order valence-corrected chi connectivity index (χ4v) is 4.82. The summed E-state index contributed by atoms with van der Waals surface area (Å²) in [5.74, 6) is -0.921. The van der Waals surface area contributed by atoms with E-state index in [9.17, 15) is 30.0 Å². The van der Waals surface area contributed by atoms with Gasteiger partial charge in [0, 0.05) is 18.2 Å². The van der Waals surface area contributed by atoms with E-state index in [1.165, 1.54) is 32.4 Å². The molecule has 44 heavy (non-hydrogen) atoms. The van der Waals surface area contributed by atoms with Crippen molar-refractivity contribution in [3.05, 3.63) is 88.6 Å². The highest BCUT2D eigenvalue weighted by Crippen LogP contribution is 2.42. The second kappa shape index (κ2) is 13.2. The summed E-state index contributed by atoms with van der Waals surface area (Å²) >= 11 is 0. The summed E-state index contributed by atoms with van der Waals surface area (Å²) in [6.45, 7) is -0.668. The van der Waals surface area contributed by atoms with Gasteiger partial charge in [0.1, 0.15) is 41.0 Å². The van der Waals surface area contributed by atoms with Crippen LogP contribution in [0.15, 0.2) is 82.0 Å². The number of phenolic OH excluding ortho intramolecular Hbond substituents is 1. The molecule has 1 saturated heterocycles. The Morgan fingerprint density at radius 3 is 2.39 bits per heavy atom. The van der Waals surface area contributed by atoms with Crippen LogP contribution in [0.5, 0.6) is 23.0 Å². The molecule has 0 bridgehead atoms. The summed E-state index contributed by atoms with van der Waals surface area (Å²) in [5, 5.41) is 41.5. The molecule has 3 aromatic carbocycles. The number of esters is 1. The minimum atomic E-state index is -1.69. The third-order valence-corrected chi connectivity index (χ3v) is 7.01. The maximum absolute atomic E-state index is 13.1. The largest absolute Gasteiger partial charge is 0.507 e. The summed E-state index contributed by atoms with van der Waals surface area (Å²) in [6, 6.07) is 17.7. The molecule has 4 N–H and O–H groups in total. The number of phenols is 1. The van der Waals surface area contributed by atoms with Crippen LogP contribution in [-0.2, 0) is 14.3 Å². The van der Waals surface area contributed by atoms with Crippen molar-refractivity contribution in [2.24, 2.45) is 0 Å². The molecule has 0 radical (unpaired) electrons. The highest BCUT2D eigenvalue weighted by Gasteiger charge is 2.48. The van der Waals surface area contributed by atoms with Crippen LogP contribution in [0, 0.1) is 0 Å². The molecule has 12 nitrogen and oxygen atoms in total. The molecule has 1 aliphatic heterocycles. The summed E-state index contributed by atoms with van der Waals surface area (Å²) < 4.78 is 34.0. The molecule has 12 heteroatoms. The lowest BCUT2D eigenvalue weighted by Gasteiger charge is -2.41. The van der Waals surface area contributed by atoms with E-state index in [0.29, 0.717) is 0 Å². The smallest absolute Gasteiger partial charge is 0.331 e. The Kier molecular flexibility index (Phi) is 9.16. The molecule has 2 heterocycles. The minimum absolute atomic E-state index is 0.0125. The number of fused-ring (bicyclic) bond motifs is 1. The monoisotopic (exact) mass is 606 g/mol. The first-order valence-corrected chi connectivity index (χ1v) is 13.5. The maximum Gasteiger partial charge on any atom is 0.331 e. The van der Waals surface area contributed by atoms with Gasteiger partial charge >= 0.3 is 5.97 Å². The normalized spacial score (nSPS) is 21.7. The predicted octanol–water partition coefficient (Wildman–Crippen LogP) is 2.63. The Morgan fingerprint density at radius 2 is 1.68 bits per heavy atom. The molecular weight excluding hydrogens is 576 g/mol. The number of ether oxygens (including phenoxy) is 5. The van der Waals surface area contributed by atoms with E-state index in [2.05, 4.69) is 0 Å². The Bertz CT molecular complexity index is 1710. The quantitative estimate of drug-likeness (QED) is 0.162. The van der Waals surface area contributed by atoms with Crippen molar-refractivity contribution in [2.75, 3.05) is 20.8 Å². The zero-order valence-electron chi connectivity index (χ0n) is 23.7. The van der Waals surface area contributed by atoms with Crippen LogP contribution in [0.2, 0.25) is 0 Å². The number of aromatic hydroxyl groups is 1. The topological polar surface area (TPSA) is 174 Å². The Labute approximate surface area is 250 Å². The van der Waals surface area contributed by atoms with E-state index in [-0.39, 0.29) is 45.3 Å². The van der Waals surface area contributed by atoms with E-state index >= 15 is 0 Å². The van der Waals surface area contributed by atoms with E-state index in [4.69, 9.17) is 28.1 Å². The van der Waals surface area contributed by atoms with Gasteiger partial charge in [0.2, 0.25) is 12.0 Å². The van der Waals surface area contributed by atoms with E-state index in [1.807, 2.05) is 6.07 Å². The molecule has 0 aliphatic carbocycles. The van der Waals surface area contributed by atoms with Crippen LogP contribution in [0.4, 0.5) is 0 Å². The molecule has 5 atom stereocenters. The average molecular weight is 607 g/mol. The predicted molar refractivity (Wildman–Crippen MR) is 156 cm³/mol. The molecule has 0 amide bonds. The third kappa shape index (κ3) is 6.10. The first-order valence-electron chi connectivity index (χ1n) is 13.5. The van der Waals surface area contributed by atoms with Crippen LogP contribution in [-0.4, -0.2) is 77.9 Å². The van der Waals surface area contributed by atoms with Crippen molar-refractivity contribution in [1.29, 1.82) is 0 Å². The van der Waals surface area contributed by atoms with E-state index in [1.54, 1.807) is 42.5 Å². The number of methoxy groups -OCH3 is 2. The number of carbonyl (C=O) groups is 1. The number of benzene rings is 3. The van der Waals surface area contributed by atoms with Gasteiger partial charge in [0.05, 0.1) is 26.4 Å². The van der Waals surface area contributed by atoms with Gasteiger partial charge < -0.3 is 48.5 Å². The van der Waals surface area contributed by atoms with Gasteiger partial charge in [-0.15, -0.1) is 0 Å². The first-order chi connectivity index (χ1) is 21.2. The van der Waals surface area contributed by atoms with Gasteiger partial charge in [-0.3, -0.25) is 4.79 Å². The number of hydrogen-bond donors (Lipinski definition) is 4. The highest BCUT2D eigenvalue weighted by atomic mass is 16.7. The van der Waals surface area contributed by atoms with Crippen LogP contribution in [0.1, 0.15) is 5.56 Å². The number of aliphatic hydroxyl groups excluding tert-OH is 3. The molecule has 230 valence electrons. The number of carbonyl (C=O) groups excluding carboxylic acids is 1. The lowest BCUT2D eigenvalue weighted by molar-refractivity contribution is -0.281. The summed E-state index contributed by atoms with van der Waals surface area (Å²) in [5.41, 5.74) is 0.312. The van der Waals surface area contributed by atoms with Gasteiger partial charge in [0.15, 0.2) is 22.9 Å². The number of aliphatic hydroxyl groups is 3. The van der Waals surface area contributed by atoms with Crippen molar-refractivity contribution in [3.8, 4) is 34.3 Å². The van der Waals surface area contributed by atoms with E-state index < -0.39 is 48.7 Å². The van der Waals surface area contributed by atoms with E-state index in [0.717, 1.165) is 17.7 Å². The standard InChI is InChI=1S/C32H30O12/c1-39-23-15-20(35)26-19(34)14-22(41-30(26)29(23)40-2)18-10-6-7-11-21(18)42-32-31(28(38)27(37)24(16-33)43-32)44-25(36)13-12-17-8-4-3-5-9-17/h3-15,24,27-28,31-33,35,37-38H,16H2,1-2H3/b13-12+/t24?,27-,28+,31?,32-/m1/s1. The average Bonchev–Trinajstić information content (AvgIpc) is 3.03. The molecule has 2 unspecified atom stereocenters.